The van der Waals surface area contributed by atoms with Gasteiger partial charge < -0.3 is 19.0 Å². The molecular weight excluding hydrogens is 805 g/mol. The standard InChI is InChI=1S/C45H48INO6Si/c1-29(23-30-24-37(46)42(48)39(25-30)51-5)21-22-38-40-31(26-35-41(36(40)28-52-38)44(50)47(43(35)49)32-15-9-6-10-16-32)27-53-54(45(2,3)4,33-17-11-7-12-18-33)34-19-13-8-14-20-34/h6-20,23-25,35-36,38,41,48H,21-22,26-28H2,1-5H3/b29-23+/t35-,36+,38-,41-/m1/s1. The normalized spacial score (nSPS) is 21.7. The number of rotatable bonds is 11. The second-order valence-corrected chi connectivity index (χ2v) is 21.2. The molecule has 54 heavy (non-hydrogen) atoms. The Morgan fingerprint density at radius 1 is 0.926 bits per heavy atom. The monoisotopic (exact) mass is 853 g/mol. The smallest absolute Gasteiger partial charge is 0.261 e. The summed E-state index contributed by atoms with van der Waals surface area (Å²) in [6.45, 7) is 9.67. The summed E-state index contributed by atoms with van der Waals surface area (Å²) in [4.78, 5) is 29.9. The first-order chi connectivity index (χ1) is 25.9. The minimum absolute atomic E-state index is 0.137. The number of methoxy groups -OCH3 is 1. The number of amides is 2. The zero-order chi connectivity index (χ0) is 38.2. The van der Waals surface area contributed by atoms with Crippen LogP contribution in [0.1, 0.15) is 52.5 Å². The van der Waals surface area contributed by atoms with Gasteiger partial charge in [-0.25, -0.2) is 0 Å². The van der Waals surface area contributed by atoms with E-state index in [2.05, 4.69) is 105 Å². The van der Waals surface area contributed by atoms with Gasteiger partial charge in [-0.3, -0.25) is 14.5 Å². The van der Waals surface area contributed by atoms with Crippen molar-refractivity contribution >= 4 is 64.9 Å². The first-order valence-corrected chi connectivity index (χ1v) is 21.7. The third-order valence-corrected chi connectivity index (χ3v) is 17.2. The van der Waals surface area contributed by atoms with Crippen LogP contribution in [0.15, 0.2) is 120 Å². The number of halogens is 1. The van der Waals surface area contributed by atoms with Crippen LogP contribution in [0.4, 0.5) is 5.69 Å². The van der Waals surface area contributed by atoms with E-state index < -0.39 is 20.2 Å². The molecule has 0 bridgehead atoms. The molecule has 0 radical (unpaired) electrons. The van der Waals surface area contributed by atoms with Gasteiger partial charge in [0.2, 0.25) is 11.8 Å². The lowest BCUT2D eigenvalue weighted by Gasteiger charge is -2.44. The summed E-state index contributed by atoms with van der Waals surface area (Å²) in [7, 11) is -1.35. The van der Waals surface area contributed by atoms with Crippen molar-refractivity contribution in [1.82, 2.24) is 0 Å². The van der Waals surface area contributed by atoms with Crippen LogP contribution in [-0.4, -0.2) is 51.7 Å². The van der Waals surface area contributed by atoms with Gasteiger partial charge in [-0.15, -0.1) is 0 Å². The van der Waals surface area contributed by atoms with Crippen molar-refractivity contribution in [3.05, 3.63) is 129 Å². The van der Waals surface area contributed by atoms with E-state index in [1.54, 1.807) is 7.11 Å². The lowest BCUT2D eigenvalue weighted by Crippen LogP contribution is -2.66. The van der Waals surface area contributed by atoms with Crippen molar-refractivity contribution < 1.29 is 28.6 Å². The molecule has 4 aromatic rings. The fourth-order valence-electron chi connectivity index (χ4n) is 8.94. The number of hydrogen-bond donors (Lipinski definition) is 1. The summed E-state index contributed by atoms with van der Waals surface area (Å²) < 4.78 is 20.3. The number of imide groups is 1. The van der Waals surface area contributed by atoms with E-state index in [9.17, 15) is 14.7 Å². The molecule has 7 rings (SSSR count). The Morgan fingerprint density at radius 3 is 2.13 bits per heavy atom. The van der Waals surface area contributed by atoms with E-state index in [0.717, 1.165) is 38.7 Å². The number of anilines is 1. The quantitative estimate of drug-likeness (QED) is 0.0708. The highest BCUT2D eigenvalue weighted by atomic mass is 127. The third kappa shape index (κ3) is 7.00. The number of fused-ring (bicyclic) bond motifs is 3. The van der Waals surface area contributed by atoms with Gasteiger partial charge in [0, 0.05) is 5.92 Å². The molecule has 0 spiro atoms. The summed E-state index contributed by atoms with van der Waals surface area (Å²) in [5.41, 5.74) is 4.95. The minimum Gasteiger partial charge on any atom is -0.504 e. The molecule has 0 unspecified atom stereocenters. The van der Waals surface area contributed by atoms with Crippen LogP contribution in [0.5, 0.6) is 11.5 Å². The van der Waals surface area contributed by atoms with Crippen molar-refractivity contribution in [3.63, 3.8) is 0 Å². The number of nitrogens with zero attached hydrogens (tertiary/aromatic N) is 1. The van der Waals surface area contributed by atoms with Gasteiger partial charge in [-0.1, -0.05) is 111 Å². The van der Waals surface area contributed by atoms with Gasteiger partial charge in [-0.2, -0.15) is 0 Å². The fourth-order valence-corrected chi connectivity index (χ4v) is 14.1. The zero-order valence-corrected chi connectivity index (χ0v) is 34.7. The highest BCUT2D eigenvalue weighted by Gasteiger charge is 2.58. The maximum absolute atomic E-state index is 14.3. The molecular formula is C45H48INO6Si. The maximum atomic E-state index is 14.3. The lowest BCUT2D eigenvalue weighted by molar-refractivity contribution is -0.122. The topological polar surface area (TPSA) is 85.3 Å². The third-order valence-electron chi connectivity index (χ3n) is 11.4. The number of allylic oxidation sites excluding steroid dienone is 1. The number of carbonyl (C=O) groups excluding carboxylic acids is 2. The first kappa shape index (κ1) is 38.2. The first-order valence-electron chi connectivity index (χ1n) is 18.7. The van der Waals surface area contributed by atoms with E-state index in [-0.39, 0.29) is 34.6 Å². The summed E-state index contributed by atoms with van der Waals surface area (Å²) in [6.07, 6.45) is 3.86. The SMILES string of the molecule is COc1cc(/C=C(\C)CC[C@H]2OC[C@H]3C2=C(CO[Si](c2ccccc2)(c2ccccc2)C(C)(C)C)C[C@H]2C(=O)N(c4ccccc4)C(=O)[C@H]23)cc(I)c1O. The maximum Gasteiger partial charge on any atom is 0.261 e. The molecule has 4 atom stereocenters. The average molecular weight is 854 g/mol. The number of ether oxygens (including phenoxy) is 2. The largest absolute Gasteiger partial charge is 0.504 e. The van der Waals surface area contributed by atoms with Gasteiger partial charge in [-0.05, 0) is 105 Å². The Morgan fingerprint density at radius 2 is 1.54 bits per heavy atom. The molecule has 3 aliphatic rings. The van der Waals surface area contributed by atoms with Crippen LogP contribution >= 0.6 is 22.6 Å². The number of phenols is 1. The number of benzene rings is 4. The van der Waals surface area contributed by atoms with E-state index in [1.165, 1.54) is 15.3 Å². The highest BCUT2D eigenvalue weighted by Crippen LogP contribution is 2.51. The minimum atomic E-state index is -2.90. The average Bonchev–Trinajstić information content (AvgIpc) is 3.70. The van der Waals surface area contributed by atoms with Gasteiger partial charge in [0.25, 0.3) is 8.32 Å². The molecule has 1 N–H and O–H groups in total. The molecule has 280 valence electrons. The van der Waals surface area contributed by atoms with Gasteiger partial charge >= 0.3 is 0 Å². The van der Waals surface area contributed by atoms with E-state index in [4.69, 9.17) is 13.9 Å². The fraction of sp³-hybridized carbons (Fsp3) is 0.333. The Bertz CT molecular complexity index is 2040. The summed E-state index contributed by atoms with van der Waals surface area (Å²) in [5.74, 6) is -0.849. The van der Waals surface area contributed by atoms with E-state index >= 15 is 0 Å². The predicted octanol–water partition coefficient (Wildman–Crippen LogP) is 8.29. The van der Waals surface area contributed by atoms with Crippen molar-refractivity contribution in [2.75, 3.05) is 25.2 Å². The highest BCUT2D eigenvalue weighted by molar-refractivity contribution is 14.1. The summed E-state index contributed by atoms with van der Waals surface area (Å²) in [5, 5.41) is 12.5. The van der Waals surface area contributed by atoms with Crippen molar-refractivity contribution in [2.45, 2.75) is 58.1 Å². The van der Waals surface area contributed by atoms with E-state index in [1.807, 2.05) is 54.6 Å². The second kappa shape index (κ2) is 15.6. The molecule has 0 saturated carbocycles. The zero-order valence-electron chi connectivity index (χ0n) is 31.6. The van der Waals surface area contributed by atoms with Crippen LogP contribution in [-0.2, 0) is 18.8 Å². The lowest BCUT2D eigenvalue weighted by atomic mass is 9.69. The van der Waals surface area contributed by atoms with Crippen LogP contribution in [0.25, 0.3) is 6.08 Å². The summed E-state index contributed by atoms with van der Waals surface area (Å²) >= 11 is 2.12. The molecule has 2 saturated heterocycles. The molecule has 2 heterocycles. The van der Waals surface area contributed by atoms with E-state index in [0.29, 0.717) is 31.1 Å². The summed E-state index contributed by atoms with van der Waals surface area (Å²) in [6, 6.07) is 34.3. The Balaban J connectivity index is 1.26. The van der Waals surface area contributed by atoms with Crippen LogP contribution in [0, 0.1) is 21.3 Å². The van der Waals surface area contributed by atoms with Crippen LogP contribution in [0.2, 0.25) is 5.04 Å². The molecule has 9 heteroatoms. The van der Waals surface area contributed by atoms with Crippen molar-refractivity contribution in [1.29, 1.82) is 0 Å². The molecule has 2 aliphatic heterocycles. The predicted molar refractivity (Wildman–Crippen MR) is 225 cm³/mol. The van der Waals surface area contributed by atoms with Crippen molar-refractivity contribution in [2.24, 2.45) is 17.8 Å². The molecule has 2 fully saturated rings. The number of hydrogen-bond acceptors (Lipinski definition) is 6. The van der Waals surface area contributed by atoms with Gasteiger partial charge in [0.15, 0.2) is 11.5 Å². The Labute approximate surface area is 333 Å². The number of phenolic OH excluding ortho intramolecular Hbond substituents is 1. The number of para-hydroxylation sites is 1. The number of aromatic hydroxyl groups is 1. The molecule has 1 aliphatic carbocycles. The van der Waals surface area contributed by atoms with Crippen molar-refractivity contribution in [3.8, 4) is 11.5 Å². The van der Waals surface area contributed by atoms with Gasteiger partial charge in [0.1, 0.15) is 0 Å². The molecule has 2 amide bonds. The molecule has 0 aromatic heterocycles. The molecule has 7 nitrogen and oxygen atoms in total. The number of carbonyl (C=O) groups is 2. The Kier molecular flexibility index (Phi) is 11.1. The van der Waals surface area contributed by atoms with Crippen LogP contribution in [0.3, 0.4) is 0 Å². The Hall–Kier alpha value is -4.03. The van der Waals surface area contributed by atoms with Gasteiger partial charge in [0.05, 0.1) is 47.5 Å². The van der Waals surface area contributed by atoms with Crippen LogP contribution < -0.4 is 20.0 Å². The second-order valence-electron chi connectivity index (χ2n) is 15.7. The molecule has 4 aromatic carbocycles.